The number of H-pyrrole nitrogens is 1. The average Bonchev–Trinajstić information content (AvgIpc) is 2.75. The van der Waals surface area contributed by atoms with Crippen molar-refractivity contribution >= 4 is 11.6 Å². The third-order valence-corrected chi connectivity index (χ3v) is 6.53. The van der Waals surface area contributed by atoms with E-state index in [9.17, 15) is 4.79 Å². The van der Waals surface area contributed by atoms with Crippen LogP contribution in [-0.4, -0.2) is 35.6 Å². The van der Waals surface area contributed by atoms with Crippen molar-refractivity contribution in [2.75, 3.05) is 20.8 Å². The number of rotatable bonds is 5. The van der Waals surface area contributed by atoms with Gasteiger partial charge in [0.2, 0.25) is 0 Å². The van der Waals surface area contributed by atoms with Crippen molar-refractivity contribution in [1.82, 2.24) is 14.9 Å². The van der Waals surface area contributed by atoms with Crippen LogP contribution in [-0.2, 0) is 19.5 Å². The molecule has 1 fully saturated rings. The number of halogens is 1. The molecule has 0 saturated heterocycles. The normalized spacial score (nSPS) is 17.8. The van der Waals surface area contributed by atoms with Crippen molar-refractivity contribution in [2.45, 2.75) is 57.5 Å². The van der Waals surface area contributed by atoms with Gasteiger partial charge in [-0.2, -0.15) is 0 Å². The zero-order chi connectivity index (χ0) is 20.4. The van der Waals surface area contributed by atoms with Crippen molar-refractivity contribution in [2.24, 2.45) is 0 Å². The number of ether oxygens (including phenoxy) is 2. The Morgan fingerprint density at radius 1 is 1.21 bits per heavy atom. The van der Waals surface area contributed by atoms with E-state index in [1.807, 2.05) is 12.1 Å². The first kappa shape index (κ1) is 20.2. The number of nitrogens with zero attached hydrogens (tertiary/aromatic N) is 2. The average molecular weight is 418 g/mol. The van der Waals surface area contributed by atoms with Gasteiger partial charge in [-0.1, -0.05) is 36.9 Å². The number of methoxy groups -OCH3 is 2. The fourth-order valence-corrected chi connectivity index (χ4v) is 4.79. The molecule has 0 spiro atoms. The molecular weight excluding hydrogens is 390 g/mol. The molecule has 0 radical (unpaired) electrons. The monoisotopic (exact) mass is 417 g/mol. The highest BCUT2D eigenvalue weighted by molar-refractivity contribution is 6.33. The number of hydrogen-bond acceptors (Lipinski definition) is 5. The molecule has 1 aromatic heterocycles. The highest BCUT2D eigenvalue weighted by Crippen LogP contribution is 2.38. The quantitative estimate of drug-likeness (QED) is 0.794. The van der Waals surface area contributed by atoms with Crippen LogP contribution in [0.2, 0.25) is 5.02 Å². The Hall–Kier alpha value is -2.05. The maximum absolute atomic E-state index is 12.8. The standard InChI is InChI=1S/C22H28ClN3O3/c1-28-18-9-8-15(19(23)20(18)29-2)12-26-11-10-17-16(13-26)22(27)25-21(24-17)14-6-4-3-5-7-14/h8-9,14H,3-7,10-13H2,1-2H3,(H,24,25,27). The topological polar surface area (TPSA) is 67.5 Å². The van der Waals surface area contributed by atoms with Gasteiger partial charge in [0, 0.05) is 32.0 Å². The molecule has 0 atom stereocenters. The second kappa shape index (κ2) is 8.76. The molecule has 156 valence electrons. The molecular formula is C22H28ClN3O3. The van der Waals surface area contributed by atoms with Gasteiger partial charge < -0.3 is 14.5 Å². The van der Waals surface area contributed by atoms with Gasteiger partial charge in [-0.25, -0.2) is 4.98 Å². The van der Waals surface area contributed by atoms with E-state index in [0.717, 1.165) is 48.5 Å². The lowest BCUT2D eigenvalue weighted by Crippen LogP contribution is -2.36. The van der Waals surface area contributed by atoms with Gasteiger partial charge in [-0.3, -0.25) is 9.69 Å². The molecule has 2 aromatic rings. The first-order valence-electron chi connectivity index (χ1n) is 10.3. The molecule has 2 heterocycles. The van der Waals surface area contributed by atoms with Crippen LogP contribution < -0.4 is 15.0 Å². The Balaban J connectivity index is 1.53. The lowest BCUT2D eigenvalue weighted by Gasteiger charge is -2.29. The molecule has 0 amide bonds. The minimum atomic E-state index is 0.0127. The Bertz CT molecular complexity index is 938. The van der Waals surface area contributed by atoms with Crippen LogP contribution in [0.15, 0.2) is 16.9 Å². The summed E-state index contributed by atoms with van der Waals surface area (Å²) in [5.41, 5.74) is 2.71. The molecule has 4 rings (SSSR count). The van der Waals surface area contributed by atoms with Gasteiger partial charge in [0.15, 0.2) is 11.5 Å². The van der Waals surface area contributed by atoms with E-state index in [0.29, 0.717) is 35.5 Å². The van der Waals surface area contributed by atoms with Gasteiger partial charge in [0.1, 0.15) is 5.82 Å². The highest BCUT2D eigenvalue weighted by atomic mass is 35.5. The SMILES string of the molecule is COc1ccc(CN2CCc3nc(C4CCCCC4)[nH]c(=O)c3C2)c(Cl)c1OC. The summed E-state index contributed by atoms with van der Waals surface area (Å²) < 4.78 is 10.7. The molecule has 2 aliphatic rings. The molecule has 6 nitrogen and oxygen atoms in total. The minimum absolute atomic E-state index is 0.0127. The molecule has 7 heteroatoms. The third-order valence-electron chi connectivity index (χ3n) is 6.12. The molecule has 1 aliphatic heterocycles. The van der Waals surface area contributed by atoms with E-state index in [-0.39, 0.29) is 5.56 Å². The number of benzene rings is 1. The highest BCUT2D eigenvalue weighted by Gasteiger charge is 2.25. The Morgan fingerprint density at radius 3 is 2.72 bits per heavy atom. The Labute approximate surface area is 176 Å². The maximum atomic E-state index is 12.8. The van der Waals surface area contributed by atoms with Gasteiger partial charge >= 0.3 is 0 Å². The van der Waals surface area contributed by atoms with Gasteiger partial charge in [0.05, 0.1) is 30.5 Å². The summed E-state index contributed by atoms with van der Waals surface area (Å²) >= 11 is 6.54. The van der Waals surface area contributed by atoms with Gasteiger partial charge in [-0.05, 0) is 24.5 Å². The van der Waals surface area contributed by atoms with Gasteiger partial charge in [-0.15, -0.1) is 0 Å². The van der Waals surface area contributed by atoms with Crippen LogP contribution >= 0.6 is 11.6 Å². The number of fused-ring (bicyclic) bond motifs is 1. The van der Waals surface area contributed by atoms with E-state index in [2.05, 4.69) is 9.88 Å². The Morgan fingerprint density at radius 2 is 2.00 bits per heavy atom. The molecule has 29 heavy (non-hydrogen) atoms. The molecule has 0 unspecified atom stereocenters. The number of hydrogen-bond donors (Lipinski definition) is 1. The summed E-state index contributed by atoms with van der Waals surface area (Å²) in [6.45, 7) is 2.06. The van der Waals surface area contributed by atoms with Crippen molar-refractivity contribution in [3.8, 4) is 11.5 Å². The zero-order valence-corrected chi connectivity index (χ0v) is 17.8. The van der Waals surface area contributed by atoms with Crippen molar-refractivity contribution in [3.63, 3.8) is 0 Å². The van der Waals surface area contributed by atoms with Crippen LogP contribution in [0.3, 0.4) is 0 Å². The molecule has 1 aliphatic carbocycles. The number of aromatic nitrogens is 2. The Kier molecular flexibility index (Phi) is 6.11. The summed E-state index contributed by atoms with van der Waals surface area (Å²) in [6.07, 6.45) is 6.79. The molecule has 1 saturated carbocycles. The number of nitrogens with one attached hydrogen (secondary N) is 1. The predicted octanol–water partition coefficient (Wildman–Crippen LogP) is 4.05. The fraction of sp³-hybridized carbons (Fsp3) is 0.545. The van der Waals surface area contributed by atoms with E-state index in [4.69, 9.17) is 26.1 Å². The summed E-state index contributed by atoms with van der Waals surface area (Å²) in [4.78, 5) is 23.0. The largest absolute Gasteiger partial charge is 0.493 e. The molecule has 1 aromatic carbocycles. The molecule has 0 bridgehead atoms. The van der Waals surface area contributed by atoms with Gasteiger partial charge in [0.25, 0.3) is 5.56 Å². The summed E-state index contributed by atoms with van der Waals surface area (Å²) in [7, 11) is 3.18. The van der Waals surface area contributed by atoms with Crippen LogP contribution in [0, 0.1) is 0 Å². The summed E-state index contributed by atoms with van der Waals surface area (Å²) in [5, 5.41) is 0.553. The van der Waals surface area contributed by atoms with Crippen LogP contribution in [0.1, 0.15) is 60.7 Å². The zero-order valence-electron chi connectivity index (χ0n) is 17.1. The maximum Gasteiger partial charge on any atom is 0.255 e. The number of aromatic amines is 1. The first-order chi connectivity index (χ1) is 14.1. The first-order valence-corrected chi connectivity index (χ1v) is 10.7. The lowest BCUT2D eigenvalue weighted by atomic mass is 9.88. The van der Waals surface area contributed by atoms with Crippen molar-refractivity contribution in [3.05, 3.63) is 50.2 Å². The fourth-order valence-electron chi connectivity index (χ4n) is 4.50. The lowest BCUT2D eigenvalue weighted by molar-refractivity contribution is 0.240. The smallest absolute Gasteiger partial charge is 0.255 e. The molecule has 1 N–H and O–H groups in total. The van der Waals surface area contributed by atoms with Crippen molar-refractivity contribution in [1.29, 1.82) is 0 Å². The van der Waals surface area contributed by atoms with Crippen LogP contribution in [0.5, 0.6) is 11.5 Å². The van der Waals surface area contributed by atoms with E-state index >= 15 is 0 Å². The van der Waals surface area contributed by atoms with E-state index in [1.54, 1.807) is 14.2 Å². The second-order valence-corrected chi connectivity index (χ2v) is 8.32. The minimum Gasteiger partial charge on any atom is -0.493 e. The van der Waals surface area contributed by atoms with Crippen LogP contribution in [0.4, 0.5) is 0 Å². The summed E-state index contributed by atoms with van der Waals surface area (Å²) in [6, 6.07) is 3.82. The summed E-state index contributed by atoms with van der Waals surface area (Å²) in [5.74, 6) is 2.46. The van der Waals surface area contributed by atoms with Crippen LogP contribution in [0.25, 0.3) is 0 Å². The second-order valence-electron chi connectivity index (χ2n) is 7.95. The van der Waals surface area contributed by atoms with E-state index < -0.39 is 0 Å². The van der Waals surface area contributed by atoms with Crippen molar-refractivity contribution < 1.29 is 9.47 Å². The third kappa shape index (κ3) is 4.14. The predicted molar refractivity (Wildman–Crippen MR) is 113 cm³/mol. The van der Waals surface area contributed by atoms with E-state index in [1.165, 1.54) is 19.3 Å².